The van der Waals surface area contributed by atoms with E-state index in [2.05, 4.69) is 39.7 Å². The Morgan fingerprint density at radius 3 is 2.88 bits per heavy atom. The fourth-order valence-electron chi connectivity index (χ4n) is 2.78. The molecule has 1 atom stereocenters. The summed E-state index contributed by atoms with van der Waals surface area (Å²) < 4.78 is 6.50. The molecule has 130 valence electrons. The number of methoxy groups -OCH3 is 1. The normalized spacial score (nSPS) is 15.7. The number of hydrogen-bond donors (Lipinski definition) is 1. The smallest absolute Gasteiger partial charge is 0.220 e. The Hall–Kier alpha value is -2.23. The van der Waals surface area contributed by atoms with Crippen LogP contribution in [0.25, 0.3) is 10.1 Å². The second kappa shape index (κ2) is 7.77. The van der Waals surface area contributed by atoms with E-state index in [4.69, 9.17) is 11.2 Å². The van der Waals surface area contributed by atoms with Crippen LogP contribution in [0.3, 0.4) is 0 Å². The van der Waals surface area contributed by atoms with Crippen molar-refractivity contribution in [2.45, 2.75) is 37.4 Å². The van der Waals surface area contributed by atoms with Gasteiger partial charge in [-0.15, -0.1) is 23.7 Å². The summed E-state index contributed by atoms with van der Waals surface area (Å²) in [4.78, 5) is 13.5. The third-order valence-corrected chi connectivity index (χ3v) is 5.49. The van der Waals surface area contributed by atoms with Gasteiger partial charge in [0, 0.05) is 42.4 Å². The number of amides is 1. The third-order valence-electron chi connectivity index (χ3n) is 4.26. The first kappa shape index (κ1) is 17.6. The number of rotatable bonds is 9. The van der Waals surface area contributed by atoms with Gasteiger partial charge in [0.2, 0.25) is 5.91 Å². The lowest BCUT2D eigenvalue weighted by atomic mass is 10.0. The maximum atomic E-state index is 12.4. The molecule has 1 aliphatic heterocycles. The average Bonchev–Trinajstić information content (AvgIpc) is 3.26. The molecule has 2 aromatic rings. The molecule has 0 aliphatic carbocycles. The van der Waals surface area contributed by atoms with E-state index < -0.39 is 5.66 Å². The minimum atomic E-state index is -0.419. The standard InChI is InChI=1S/C19H21N3O2S/c1-3-4-10-19(21-22-19)11-9-18(23)20-15(13-24-2)17-12-14-7-5-6-8-16(14)25-17/h1,5-8,12,15H,4,9-11,13H2,2H3,(H,20,23). The molecule has 0 spiro atoms. The minimum Gasteiger partial charge on any atom is -0.382 e. The van der Waals surface area contributed by atoms with E-state index in [0.717, 1.165) is 4.88 Å². The van der Waals surface area contributed by atoms with E-state index in [1.807, 2.05) is 12.1 Å². The maximum Gasteiger partial charge on any atom is 0.220 e. The van der Waals surface area contributed by atoms with E-state index in [9.17, 15) is 4.79 Å². The van der Waals surface area contributed by atoms with Crippen molar-refractivity contribution in [3.8, 4) is 12.3 Å². The monoisotopic (exact) mass is 355 g/mol. The number of fused-ring (bicyclic) bond motifs is 1. The van der Waals surface area contributed by atoms with Crippen molar-refractivity contribution in [2.24, 2.45) is 10.2 Å². The Balaban J connectivity index is 1.59. The largest absolute Gasteiger partial charge is 0.382 e. The summed E-state index contributed by atoms with van der Waals surface area (Å²) in [5, 5.41) is 12.4. The first-order chi connectivity index (χ1) is 12.2. The zero-order valence-electron chi connectivity index (χ0n) is 14.2. The Morgan fingerprint density at radius 2 is 2.20 bits per heavy atom. The van der Waals surface area contributed by atoms with Crippen LogP contribution < -0.4 is 5.32 Å². The van der Waals surface area contributed by atoms with Gasteiger partial charge in [-0.2, -0.15) is 10.2 Å². The van der Waals surface area contributed by atoms with Crippen LogP contribution in [0, 0.1) is 12.3 Å². The van der Waals surface area contributed by atoms with Crippen molar-refractivity contribution >= 4 is 27.3 Å². The van der Waals surface area contributed by atoms with Gasteiger partial charge in [0.15, 0.2) is 5.66 Å². The molecule has 1 aromatic carbocycles. The van der Waals surface area contributed by atoms with E-state index in [1.165, 1.54) is 10.1 Å². The number of thiophene rings is 1. The Morgan fingerprint density at radius 1 is 1.40 bits per heavy atom. The van der Waals surface area contributed by atoms with Gasteiger partial charge in [-0.05, 0) is 17.5 Å². The number of ether oxygens (including phenoxy) is 1. The minimum absolute atomic E-state index is 0.0168. The highest BCUT2D eigenvalue weighted by molar-refractivity contribution is 7.19. The SMILES string of the molecule is C#CCCC1(CCC(=O)NC(COC)c2cc3ccccc3s2)N=N1. The number of terminal acetylenes is 1. The molecule has 0 bridgehead atoms. The molecule has 1 amide bonds. The molecule has 1 aliphatic rings. The van der Waals surface area contributed by atoms with E-state index in [-0.39, 0.29) is 11.9 Å². The Bertz CT molecular complexity index is 782. The van der Waals surface area contributed by atoms with Crippen molar-refractivity contribution in [3.05, 3.63) is 35.2 Å². The number of carbonyl (C=O) groups is 1. The fraction of sp³-hybridized carbons (Fsp3) is 0.421. The third kappa shape index (κ3) is 4.44. The zero-order valence-corrected chi connectivity index (χ0v) is 15.0. The molecular weight excluding hydrogens is 334 g/mol. The van der Waals surface area contributed by atoms with Crippen molar-refractivity contribution in [2.75, 3.05) is 13.7 Å². The van der Waals surface area contributed by atoms with Crippen LogP contribution in [-0.2, 0) is 9.53 Å². The summed E-state index contributed by atoms with van der Waals surface area (Å²) in [5.74, 6) is 2.58. The van der Waals surface area contributed by atoms with E-state index >= 15 is 0 Å². The van der Waals surface area contributed by atoms with Gasteiger partial charge >= 0.3 is 0 Å². The lowest BCUT2D eigenvalue weighted by Gasteiger charge is -2.17. The molecule has 2 heterocycles. The van der Waals surface area contributed by atoms with Gasteiger partial charge < -0.3 is 10.1 Å². The topological polar surface area (TPSA) is 63.0 Å². The second-order valence-electron chi connectivity index (χ2n) is 6.15. The van der Waals surface area contributed by atoms with Crippen LogP contribution in [0.4, 0.5) is 0 Å². The Kier molecular flexibility index (Phi) is 5.47. The van der Waals surface area contributed by atoms with Gasteiger partial charge in [-0.25, -0.2) is 0 Å². The summed E-state index contributed by atoms with van der Waals surface area (Å²) >= 11 is 1.68. The highest BCUT2D eigenvalue weighted by Gasteiger charge is 2.39. The first-order valence-corrected chi connectivity index (χ1v) is 9.12. The summed E-state index contributed by atoms with van der Waals surface area (Å²) in [5.41, 5.74) is -0.419. The highest BCUT2D eigenvalue weighted by atomic mass is 32.1. The molecule has 0 fully saturated rings. The number of benzene rings is 1. The molecule has 25 heavy (non-hydrogen) atoms. The van der Waals surface area contributed by atoms with Crippen molar-refractivity contribution in [1.29, 1.82) is 0 Å². The van der Waals surface area contributed by atoms with Crippen LogP contribution in [0.1, 0.15) is 36.6 Å². The molecule has 1 unspecified atom stereocenters. The number of nitrogens with zero attached hydrogens (tertiary/aromatic N) is 2. The van der Waals surface area contributed by atoms with Crippen LogP contribution in [0.15, 0.2) is 40.6 Å². The quantitative estimate of drug-likeness (QED) is 0.690. The fourth-order valence-corrected chi connectivity index (χ4v) is 3.88. The van der Waals surface area contributed by atoms with E-state index in [0.29, 0.717) is 32.3 Å². The van der Waals surface area contributed by atoms with Crippen LogP contribution in [0.2, 0.25) is 0 Å². The highest BCUT2D eigenvalue weighted by Crippen LogP contribution is 2.37. The molecule has 0 saturated carbocycles. The number of hydrogen-bond acceptors (Lipinski definition) is 5. The van der Waals surface area contributed by atoms with Gasteiger partial charge in [0.1, 0.15) is 0 Å². The maximum absolute atomic E-state index is 12.4. The number of nitrogens with one attached hydrogen (secondary N) is 1. The van der Waals surface area contributed by atoms with Crippen LogP contribution in [0.5, 0.6) is 0 Å². The second-order valence-corrected chi connectivity index (χ2v) is 7.26. The summed E-state index contributed by atoms with van der Waals surface area (Å²) in [7, 11) is 1.64. The Labute approximate surface area is 151 Å². The van der Waals surface area contributed by atoms with Crippen molar-refractivity contribution in [1.82, 2.24) is 5.32 Å². The molecule has 5 nitrogen and oxygen atoms in total. The first-order valence-electron chi connectivity index (χ1n) is 8.30. The van der Waals surface area contributed by atoms with Gasteiger partial charge in [-0.1, -0.05) is 18.2 Å². The predicted molar refractivity (Wildman–Crippen MR) is 99.5 cm³/mol. The molecule has 1 N–H and O–H groups in total. The zero-order chi connectivity index (χ0) is 17.7. The van der Waals surface area contributed by atoms with Crippen LogP contribution in [-0.4, -0.2) is 25.3 Å². The molecular formula is C19H21N3O2S. The molecule has 0 saturated heterocycles. The molecule has 6 heteroatoms. The van der Waals surface area contributed by atoms with E-state index in [1.54, 1.807) is 18.4 Å². The van der Waals surface area contributed by atoms with Crippen molar-refractivity contribution in [3.63, 3.8) is 0 Å². The van der Waals surface area contributed by atoms with Crippen LogP contribution >= 0.6 is 11.3 Å². The summed E-state index contributed by atoms with van der Waals surface area (Å²) in [6.45, 7) is 0.440. The van der Waals surface area contributed by atoms with Gasteiger partial charge in [0.05, 0.1) is 12.6 Å². The summed E-state index contributed by atoms with van der Waals surface area (Å²) in [6.07, 6.45) is 7.62. The average molecular weight is 355 g/mol. The molecule has 3 rings (SSSR count). The number of carbonyl (C=O) groups excluding carboxylic acids is 1. The predicted octanol–water partition coefficient (Wildman–Crippen LogP) is 4.06. The van der Waals surface area contributed by atoms with Gasteiger partial charge in [0.25, 0.3) is 0 Å². The van der Waals surface area contributed by atoms with Crippen molar-refractivity contribution < 1.29 is 9.53 Å². The van der Waals surface area contributed by atoms with Gasteiger partial charge in [-0.3, -0.25) is 4.79 Å². The molecule has 0 radical (unpaired) electrons. The lowest BCUT2D eigenvalue weighted by molar-refractivity contribution is -0.122. The molecule has 1 aromatic heterocycles. The summed E-state index contributed by atoms with van der Waals surface area (Å²) in [6, 6.07) is 10.2. The lowest BCUT2D eigenvalue weighted by Crippen LogP contribution is -2.31.